The van der Waals surface area contributed by atoms with Crippen LogP contribution in [0.4, 0.5) is 0 Å². The molecule has 1 aromatic heterocycles. The molecule has 78 valence electrons. The zero-order valence-corrected chi connectivity index (χ0v) is 10.4. The molecule has 0 saturated carbocycles. The van der Waals surface area contributed by atoms with Gasteiger partial charge in [0.1, 0.15) is 0 Å². The Labute approximate surface area is 97.5 Å². The first-order valence-electron chi connectivity index (χ1n) is 3.94. The smallest absolute Gasteiger partial charge is 0.234 e. The first kappa shape index (κ1) is 11.6. The van der Waals surface area contributed by atoms with Gasteiger partial charge in [-0.25, -0.2) is 0 Å². The Bertz CT molecular complexity index is 278. The van der Waals surface area contributed by atoms with Gasteiger partial charge in [0.25, 0.3) is 0 Å². The maximum atomic E-state index is 11.4. The summed E-state index contributed by atoms with van der Waals surface area (Å²) in [6.45, 7) is 0.291. The summed E-state index contributed by atoms with van der Waals surface area (Å²) in [7, 11) is 0. The van der Waals surface area contributed by atoms with Gasteiger partial charge in [0.05, 0.1) is 11.4 Å². The van der Waals surface area contributed by atoms with Crippen LogP contribution in [0.25, 0.3) is 0 Å². The van der Waals surface area contributed by atoms with Crippen LogP contribution in [0.15, 0.2) is 0 Å². The van der Waals surface area contributed by atoms with Gasteiger partial charge in [0, 0.05) is 5.33 Å². The minimum atomic E-state index is -0.186. The van der Waals surface area contributed by atoms with E-state index < -0.39 is 0 Å². The zero-order valence-electron chi connectivity index (χ0n) is 7.20. The summed E-state index contributed by atoms with van der Waals surface area (Å²) < 4.78 is 0. The molecule has 0 spiro atoms. The fourth-order valence-electron chi connectivity index (χ4n) is 0.761. The number of carbonyl (C=O) groups excluding carboxylic acids is 1. The number of aromatic amines is 1. The molecule has 14 heavy (non-hydrogen) atoms. The number of rotatable bonds is 5. The number of amides is 1. The second-order valence-corrected chi connectivity index (χ2v) is 4.39. The van der Waals surface area contributed by atoms with Gasteiger partial charge in [-0.05, 0) is 6.42 Å². The third-order valence-electron chi connectivity index (χ3n) is 1.46. The van der Waals surface area contributed by atoms with Gasteiger partial charge in [0.15, 0.2) is 5.82 Å². The highest BCUT2D eigenvalue weighted by Gasteiger charge is 2.13. The van der Waals surface area contributed by atoms with Crippen molar-refractivity contribution in [2.45, 2.75) is 17.8 Å². The fourth-order valence-corrected chi connectivity index (χ4v) is 2.22. The lowest BCUT2D eigenvalue weighted by Gasteiger charge is -2.07. The monoisotopic (exact) mass is 325 g/mol. The van der Waals surface area contributed by atoms with Crippen LogP contribution in [-0.2, 0) is 11.3 Å². The lowest BCUT2D eigenvalue weighted by atomic mass is 10.3. The topological polar surface area (TPSA) is 83.6 Å². The molecular weight excluding hydrogens is 318 g/mol. The summed E-state index contributed by atoms with van der Waals surface area (Å²) in [5.41, 5.74) is 0. The predicted octanol–water partition coefficient (Wildman–Crippen LogP) is 0.364. The molecule has 0 saturated heterocycles. The van der Waals surface area contributed by atoms with Crippen molar-refractivity contribution in [3.8, 4) is 0 Å². The molecule has 0 aromatic carbocycles. The van der Waals surface area contributed by atoms with E-state index in [4.69, 9.17) is 0 Å². The van der Waals surface area contributed by atoms with Crippen LogP contribution in [0.2, 0.25) is 0 Å². The molecule has 1 unspecified atom stereocenters. The van der Waals surface area contributed by atoms with Crippen molar-refractivity contribution >= 4 is 37.8 Å². The first-order chi connectivity index (χ1) is 6.74. The molecule has 0 bridgehead atoms. The number of nitrogens with one attached hydrogen (secondary N) is 2. The Morgan fingerprint density at radius 1 is 1.64 bits per heavy atom. The summed E-state index contributed by atoms with van der Waals surface area (Å²) in [5, 5.41) is 16.5. The van der Waals surface area contributed by atoms with Crippen LogP contribution >= 0.6 is 31.9 Å². The molecule has 1 heterocycles. The molecule has 0 aliphatic heterocycles. The molecule has 2 N–H and O–H groups in total. The van der Waals surface area contributed by atoms with Gasteiger partial charge in [-0.3, -0.25) is 4.79 Å². The van der Waals surface area contributed by atoms with Crippen LogP contribution < -0.4 is 5.32 Å². The minimum absolute atomic E-state index is 0.0748. The van der Waals surface area contributed by atoms with Gasteiger partial charge in [-0.1, -0.05) is 37.1 Å². The Kier molecular flexibility index (Phi) is 5.02. The molecule has 1 rings (SSSR count). The highest BCUT2D eigenvalue weighted by molar-refractivity contribution is 9.10. The normalized spacial score (nSPS) is 12.4. The highest BCUT2D eigenvalue weighted by atomic mass is 79.9. The summed E-state index contributed by atoms with van der Waals surface area (Å²) >= 11 is 6.52. The maximum Gasteiger partial charge on any atom is 0.234 e. The van der Waals surface area contributed by atoms with Gasteiger partial charge >= 0.3 is 0 Å². The van der Waals surface area contributed by atoms with Crippen molar-refractivity contribution in [3.05, 3.63) is 5.82 Å². The predicted molar refractivity (Wildman–Crippen MR) is 57.2 cm³/mol. The Balaban J connectivity index is 2.27. The van der Waals surface area contributed by atoms with E-state index in [0.29, 0.717) is 12.4 Å². The average molecular weight is 327 g/mol. The Hall–Kier alpha value is -0.500. The van der Waals surface area contributed by atoms with Gasteiger partial charge in [0.2, 0.25) is 5.91 Å². The number of halogens is 2. The molecule has 0 aliphatic rings. The fraction of sp³-hybridized carbons (Fsp3) is 0.667. The molecule has 1 aromatic rings. The third kappa shape index (κ3) is 3.70. The number of carbonyl (C=O) groups is 1. The number of H-pyrrole nitrogens is 1. The Morgan fingerprint density at radius 3 is 3.00 bits per heavy atom. The van der Waals surface area contributed by atoms with Crippen molar-refractivity contribution in [1.29, 1.82) is 0 Å². The molecule has 1 amide bonds. The van der Waals surface area contributed by atoms with E-state index in [0.717, 1.165) is 11.8 Å². The van der Waals surface area contributed by atoms with Crippen molar-refractivity contribution in [3.63, 3.8) is 0 Å². The lowest BCUT2D eigenvalue weighted by molar-refractivity contribution is -0.120. The van der Waals surface area contributed by atoms with E-state index in [1.807, 2.05) is 0 Å². The van der Waals surface area contributed by atoms with Crippen molar-refractivity contribution < 1.29 is 4.79 Å². The Morgan fingerprint density at radius 2 is 2.43 bits per heavy atom. The number of alkyl halides is 2. The number of tetrazole rings is 1. The van der Waals surface area contributed by atoms with Crippen molar-refractivity contribution in [2.75, 3.05) is 5.33 Å². The van der Waals surface area contributed by atoms with E-state index in [9.17, 15) is 4.79 Å². The summed E-state index contributed by atoms with van der Waals surface area (Å²) in [6.07, 6.45) is 0.734. The average Bonchev–Trinajstić information content (AvgIpc) is 2.67. The minimum Gasteiger partial charge on any atom is -0.348 e. The highest BCUT2D eigenvalue weighted by Crippen LogP contribution is 2.06. The number of hydrogen-bond acceptors (Lipinski definition) is 4. The van der Waals surface area contributed by atoms with E-state index in [1.54, 1.807) is 0 Å². The molecular formula is C6H9Br2N5O. The van der Waals surface area contributed by atoms with Crippen molar-refractivity contribution in [1.82, 2.24) is 25.9 Å². The van der Waals surface area contributed by atoms with Crippen molar-refractivity contribution in [2.24, 2.45) is 0 Å². The second-order valence-electron chi connectivity index (χ2n) is 2.49. The number of hydrogen-bond donors (Lipinski definition) is 2. The summed E-state index contributed by atoms with van der Waals surface area (Å²) in [6, 6.07) is 0. The van der Waals surface area contributed by atoms with Crippen LogP contribution in [0.3, 0.4) is 0 Å². The molecule has 0 radical (unpaired) electrons. The molecule has 0 aliphatic carbocycles. The zero-order chi connectivity index (χ0) is 10.4. The van der Waals surface area contributed by atoms with E-state index in [2.05, 4.69) is 57.8 Å². The van der Waals surface area contributed by atoms with Gasteiger partial charge in [-0.2, -0.15) is 5.21 Å². The third-order valence-corrected chi connectivity index (χ3v) is 2.79. The van der Waals surface area contributed by atoms with Gasteiger partial charge in [-0.15, -0.1) is 10.2 Å². The second kappa shape index (κ2) is 6.07. The van der Waals surface area contributed by atoms with Crippen LogP contribution in [0.1, 0.15) is 12.2 Å². The lowest BCUT2D eigenvalue weighted by Crippen LogP contribution is -2.31. The maximum absolute atomic E-state index is 11.4. The molecule has 1 atom stereocenters. The number of nitrogens with zero attached hydrogens (tertiary/aromatic N) is 3. The van der Waals surface area contributed by atoms with E-state index >= 15 is 0 Å². The van der Waals surface area contributed by atoms with Crippen LogP contribution in [0, 0.1) is 0 Å². The molecule has 8 heteroatoms. The first-order valence-corrected chi connectivity index (χ1v) is 5.98. The quantitative estimate of drug-likeness (QED) is 0.765. The van der Waals surface area contributed by atoms with E-state index in [-0.39, 0.29) is 10.7 Å². The standard InChI is InChI=1S/C6H9Br2N5O/c7-2-1-4(8)6(14)9-3-5-10-12-13-11-5/h4H,1-3H2,(H,9,14)(H,10,11,12,13). The van der Waals surface area contributed by atoms with Gasteiger partial charge < -0.3 is 5.32 Å². The molecule has 6 nitrogen and oxygen atoms in total. The summed E-state index contributed by atoms with van der Waals surface area (Å²) in [4.78, 5) is 11.2. The van der Waals surface area contributed by atoms with Crippen LogP contribution in [-0.4, -0.2) is 36.7 Å². The SMILES string of the molecule is O=C(NCc1nn[nH]n1)C(Br)CCBr. The van der Waals surface area contributed by atoms with E-state index in [1.165, 1.54) is 0 Å². The number of aromatic nitrogens is 4. The molecule has 0 fully saturated rings. The largest absolute Gasteiger partial charge is 0.348 e. The van der Waals surface area contributed by atoms with Crippen LogP contribution in [0.5, 0.6) is 0 Å². The summed E-state index contributed by atoms with van der Waals surface area (Å²) in [5.74, 6) is 0.395.